The number of nitrogens with zero attached hydrogens (tertiary/aromatic N) is 1. The average molecular weight is 347 g/mol. The average Bonchev–Trinajstić information content (AvgIpc) is 2.65. The van der Waals surface area contributed by atoms with Crippen molar-refractivity contribution in [1.29, 1.82) is 5.26 Å². The van der Waals surface area contributed by atoms with Crippen molar-refractivity contribution in [1.82, 2.24) is 4.98 Å². The fraction of sp³-hybridized carbons (Fsp3) is 0.0526. The fourth-order valence-corrected chi connectivity index (χ4v) is 2.46. The molecule has 0 spiro atoms. The van der Waals surface area contributed by atoms with E-state index in [2.05, 4.69) is 10.3 Å². The van der Waals surface area contributed by atoms with Gasteiger partial charge in [-0.05, 0) is 18.2 Å². The number of esters is 1. The lowest BCUT2D eigenvalue weighted by molar-refractivity contribution is -0.119. The molecule has 0 atom stereocenters. The molecule has 0 aliphatic carbocycles. The van der Waals surface area contributed by atoms with Crippen LogP contribution < -0.4 is 10.9 Å². The summed E-state index contributed by atoms with van der Waals surface area (Å²) >= 11 is 0. The van der Waals surface area contributed by atoms with E-state index in [1.54, 1.807) is 48.5 Å². The number of anilines is 1. The van der Waals surface area contributed by atoms with E-state index in [1.807, 2.05) is 6.07 Å². The number of rotatable bonds is 4. The van der Waals surface area contributed by atoms with E-state index in [4.69, 9.17) is 10.00 Å². The predicted octanol–water partition coefficient (Wildman–Crippen LogP) is 2.20. The second-order valence-electron chi connectivity index (χ2n) is 5.37. The zero-order valence-electron chi connectivity index (χ0n) is 13.5. The van der Waals surface area contributed by atoms with Crippen LogP contribution in [-0.4, -0.2) is 23.5 Å². The van der Waals surface area contributed by atoms with Gasteiger partial charge in [0.05, 0.1) is 16.8 Å². The molecule has 26 heavy (non-hydrogen) atoms. The second kappa shape index (κ2) is 7.32. The van der Waals surface area contributed by atoms with Crippen LogP contribution >= 0.6 is 0 Å². The van der Waals surface area contributed by atoms with Gasteiger partial charge in [-0.3, -0.25) is 9.59 Å². The van der Waals surface area contributed by atoms with E-state index < -0.39 is 24.0 Å². The van der Waals surface area contributed by atoms with Gasteiger partial charge in [-0.25, -0.2) is 4.79 Å². The summed E-state index contributed by atoms with van der Waals surface area (Å²) in [6.45, 7) is -0.542. The van der Waals surface area contributed by atoms with E-state index in [9.17, 15) is 14.4 Å². The van der Waals surface area contributed by atoms with Crippen LogP contribution in [0.4, 0.5) is 5.69 Å². The number of carbonyl (C=O) groups excluding carboxylic acids is 2. The number of hydrogen-bond acceptors (Lipinski definition) is 5. The fourth-order valence-electron chi connectivity index (χ4n) is 2.46. The Hall–Kier alpha value is -3.92. The summed E-state index contributed by atoms with van der Waals surface area (Å²) in [7, 11) is 0. The van der Waals surface area contributed by atoms with Crippen molar-refractivity contribution in [3.63, 3.8) is 0 Å². The molecule has 0 aliphatic rings. The van der Waals surface area contributed by atoms with Crippen LogP contribution in [-0.2, 0) is 9.53 Å². The number of amides is 1. The molecule has 7 heteroatoms. The monoisotopic (exact) mass is 347 g/mol. The van der Waals surface area contributed by atoms with E-state index >= 15 is 0 Å². The van der Waals surface area contributed by atoms with Gasteiger partial charge in [0.1, 0.15) is 6.07 Å². The van der Waals surface area contributed by atoms with Crippen molar-refractivity contribution in [3.8, 4) is 6.07 Å². The van der Waals surface area contributed by atoms with Crippen LogP contribution in [0.25, 0.3) is 10.9 Å². The highest BCUT2D eigenvalue weighted by atomic mass is 16.5. The minimum atomic E-state index is -0.781. The molecule has 0 bridgehead atoms. The third-order valence-electron chi connectivity index (χ3n) is 3.63. The van der Waals surface area contributed by atoms with Crippen LogP contribution in [0.5, 0.6) is 0 Å². The largest absolute Gasteiger partial charge is 0.452 e. The van der Waals surface area contributed by atoms with Gasteiger partial charge in [-0.2, -0.15) is 5.26 Å². The number of H-pyrrole nitrogens is 1. The number of fused-ring (bicyclic) bond motifs is 1. The van der Waals surface area contributed by atoms with Crippen molar-refractivity contribution in [2.45, 2.75) is 0 Å². The molecule has 1 heterocycles. The summed E-state index contributed by atoms with van der Waals surface area (Å²) in [6.07, 6.45) is 0. The number of aromatic nitrogens is 1. The summed E-state index contributed by atoms with van der Waals surface area (Å²) in [5.74, 6) is -1.37. The molecule has 7 nitrogen and oxygen atoms in total. The Morgan fingerprint density at radius 1 is 1.12 bits per heavy atom. The second-order valence-corrected chi connectivity index (χ2v) is 5.37. The normalized spacial score (nSPS) is 10.1. The number of aromatic amines is 1. The van der Waals surface area contributed by atoms with Crippen LogP contribution in [0.2, 0.25) is 0 Å². The maximum atomic E-state index is 12.3. The lowest BCUT2D eigenvalue weighted by Gasteiger charge is -2.09. The number of nitrogens with one attached hydrogen (secondary N) is 2. The highest BCUT2D eigenvalue weighted by Gasteiger charge is 2.15. The first-order valence-corrected chi connectivity index (χ1v) is 7.66. The standard InChI is InChI=1S/C19H13N3O4/c20-10-12-5-1-3-7-15(12)21-18(24)11-26-19(25)14-9-17(23)22-16-8-4-2-6-13(14)16/h1-9H,11H2,(H,21,24)(H,22,23). The number of hydrogen-bond donors (Lipinski definition) is 2. The predicted molar refractivity (Wildman–Crippen MR) is 94.6 cm³/mol. The SMILES string of the molecule is N#Cc1ccccc1NC(=O)COC(=O)c1cc(=O)[nH]c2ccccc12. The summed E-state index contributed by atoms with van der Waals surface area (Å²) in [5.41, 5.74) is 0.766. The number of pyridine rings is 1. The molecule has 1 amide bonds. The highest BCUT2D eigenvalue weighted by molar-refractivity contribution is 6.04. The van der Waals surface area contributed by atoms with Crippen molar-refractivity contribution in [3.05, 3.63) is 76.1 Å². The molecule has 0 radical (unpaired) electrons. The summed E-state index contributed by atoms with van der Waals surface area (Å²) in [4.78, 5) is 38.6. The Balaban J connectivity index is 1.72. The van der Waals surface area contributed by atoms with Gasteiger partial charge in [-0.15, -0.1) is 0 Å². The van der Waals surface area contributed by atoms with Gasteiger partial charge in [0, 0.05) is 17.0 Å². The Kier molecular flexibility index (Phi) is 4.76. The van der Waals surface area contributed by atoms with Gasteiger partial charge in [-0.1, -0.05) is 30.3 Å². The van der Waals surface area contributed by atoms with E-state index in [-0.39, 0.29) is 5.56 Å². The lowest BCUT2D eigenvalue weighted by Crippen LogP contribution is -2.22. The maximum Gasteiger partial charge on any atom is 0.339 e. The minimum Gasteiger partial charge on any atom is -0.452 e. The third kappa shape index (κ3) is 3.60. The molecule has 3 rings (SSSR count). The number of ether oxygens (including phenoxy) is 1. The first kappa shape index (κ1) is 16.9. The molecule has 0 fully saturated rings. The number of carbonyl (C=O) groups is 2. The van der Waals surface area contributed by atoms with Crippen LogP contribution in [0.15, 0.2) is 59.4 Å². The van der Waals surface area contributed by atoms with Crippen LogP contribution in [0.3, 0.4) is 0 Å². The van der Waals surface area contributed by atoms with E-state index in [0.717, 1.165) is 6.07 Å². The molecular weight excluding hydrogens is 334 g/mol. The number of para-hydroxylation sites is 2. The molecule has 1 aromatic heterocycles. The topological polar surface area (TPSA) is 112 Å². The minimum absolute atomic E-state index is 0.0783. The van der Waals surface area contributed by atoms with E-state index in [0.29, 0.717) is 22.2 Å². The lowest BCUT2D eigenvalue weighted by atomic mass is 10.1. The van der Waals surface area contributed by atoms with Gasteiger partial charge < -0.3 is 15.0 Å². The number of benzene rings is 2. The Morgan fingerprint density at radius 2 is 1.85 bits per heavy atom. The first-order valence-electron chi connectivity index (χ1n) is 7.66. The molecule has 2 aromatic carbocycles. The van der Waals surface area contributed by atoms with E-state index in [1.165, 1.54) is 0 Å². The first-order chi connectivity index (χ1) is 12.6. The van der Waals surface area contributed by atoms with Gasteiger partial charge >= 0.3 is 5.97 Å². The molecular formula is C19H13N3O4. The zero-order valence-corrected chi connectivity index (χ0v) is 13.5. The van der Waals surface area contributed by atoms with Crippen LogP contribution in [0.1, 0.15) is 15.9 Å². The summed E-state index contributed by atoms with van der Waals surface area (Å²) in [6, 6.07) is 16.4. The van der Waals surface area contributed by atoms with Crippen molar-refractivity contribution >= 4 is 28.5 Å². The molecule has 0 unspecified atom stereocenters. The molecule has 2 N–H and O–H groups in total. The molecule has 0 saturated heterocycles. The van der Waals surface area contributed by atoms with Gasteiger partial charge in [0.25, 0.3) is 5.91 Å². The molecule has 0 saturated carbocycles. The Labute approximate surface area is 147 Å². The van der Waals surface area contributed by atoms with Crippen LogP contribution in [0, 0.1) is 11.3 Å². The third-order valence-corrected chi connectivity index (χ3v) is 3.63. The maximum absolute atomic E-state index is 12.3. The van der Waals surface area contributed by atoms with Crippen molar-refractivity contribution < 1.29 is 14.3 Å². The summed E-state index contributed by atoms with van der Waals surface area (Å²) in [5, 5.41) is 12.0. The quantitative estimate of drug-likeness (QED) is 0.703. The Morgan fingerprint density at radius 3 is 2.65 bits per heavy atom. The highest BCUT2D eigenvalue weighted by Crippen LogP contribution is 2.16. The van der Waals surface area contributed by atoms with Gasteiger partial charge in [0.15, 0.2) is 6.61 Å². The molecule has 3 aromatic rings. The van der Waals surface area contributed by atoms with Crippen molar-refractivity contribution in [2.24, 2.45) is 0 Å². The molecule has 0 aliphatic heterocycles. The zero-order chi connectivity index (χ0) is 18.5. The summed E-state index contributed by atoms with van der Waals surface area (Å²) < 4.78 is 5.01. The molecule has 128 valence electrons. The van der Waals surface area contributed by atoms with Crippen molar-refractivity contribution in [2.75, 3.05) is 11.9 Å². The smallest absolute Gasteiger partial charge is 0.339 e. The van der Waals surface area contributed by atoms with Gasteiger partial charge in [0.2, 0.25) is 5.56 Å². The Bertz CT molecular complexity index is 1100. The number of nitriles is 1.